The molecule has 0 saturated heterocycles. The van der Waals surface area contributed by atoms with Gasteiger partial charge in [0.15, 0.2) is 0 Å². The molecule has 0 saturated carbocycles. The van der Waals surface area contributed by atoms with Crippen molar-refractivity contribution in [2.75, 3.05) is 5.32 Å². The van der Waals surface area contributed by atoms with Crippen molar-refractivity contribution in [2.45, 2.75) is 19.9 Å². The van der Waals surface area contributed by atoms with Crippen molar-refractivity contribution >= 4 is 11.6 Å². The Morgan fingerprint density at radius 3 is 2.71 bits per heavy atom. The predicted molar refractivity (Wildman–Crippen MR) is 89.9 cm³/mol. The van der Waals surface area contributed by atoms with E-state index in [4.69, 9.17) is 0 Å². The maximum atomic E-state index is 14.3. The molecule has 1 N–H and O–H groups in total. The second-order valence-corrected chi connectivity index (χ2v) is 5.92. The highest BCUT2D eigenvalue weighted by molar-refractivity contribution is 5.77. The first-order valence-electron chi connectivity index (χ1n) is 7.72. The Bertz CT molecular complexity index is 944. The van der Waals surface area contributed by atoms with Gasteiger partial charge in [0.1, 0.15) is 11.9 Å². The molecule has 0 unspecified atom stereocenters. The minimum Gasteiger partial charge on any atom is -0.323 e. The zero-order chi connectivity index (χ0) is 16.7. The van der Waals surface area contributed by atoms with Gasteiger partial charge < -0.3 is 5.32 Å². The molecule has 1 aromatic heterocycles. The topological polar surface area (TPSA) is 55.6 Å². The van der Waals surface area contributed by atoms with Gasteiger partial charge in [-0.1, -0.05) is 35.4 Å². The van der Waals surface area contributed by atoms with Crippen LogP contribution >= 0.6 is 0 Å². The molecule has 0 spiro atoms. The fourth-order valence-corrected chi connectivity index (χ4v) is 2.87. The minimum absolute atomic E-state index is 0.276. The van der Waals surface area contributed by atoms with Gasteiger partial charge in [-0.3, -0.25) is 0 Å². The zero-order valence-corrected chi connectivity index (χ0v) is 13.4. The van der Waals surface area contributed by atoms with Crippen LogP contribution in [0.15, 0.2) is 48.5 Å². The lowest BCUT2D eigenvalue weighted by molar-refractivity contribution is 0.540. The molecule has 0 aliphatic carbocycles. The smallest absolute Gasteiger partial charge is 0.248 e. The maximum absolute atomic E-state index is 14.3. The van der Waals surface area contributed by atoms with Crippen LogP contribution in [0.4, 0.5) is 10.3 Å². The van der Waals surface area contributed by atoms with Gasteiger partial charge in [0.05, 0.1) is 0 Å². The van der Waals surface area contributed by atoms with Crippen LogP contribution in [0, 0.1) is 19.7 Å². The monoisotopic (exact) mass is 321 g/mol. The summed E-state index contributed by atoms with van der Waals surface area (Å²) in [4.78, 5) is 0. The molecule has 1 aliphatic heterocycles. The summed E-state index contributed by atoms with van der Waals surface area (Å²) in [5.74, 6) is 0.223. The molecule has 120 valence electrons. The summed E-state index contributed by atoms with van der Waals surface area (Å²) in [5.41, 5.74) is 4.85. The summed E-state index contributed by atoms with van der Waals surface area (Å²) in [7, 11) is 0. The third kappa shape index (κ3) is 2.36. The van der Waals surface area contributed by atoms with Gasteiger partial charge in [0, 0.05) is 11.3 Å². The number of nitrogens with zero attached hydrogens (tertiary/aromatic N) is 4. The van der Waals surface area contributed by atoms with E-state index in [0.29, 0.717) is 11.5 Å². The van der Waals surface area contributed by atoms with Crippen molar-refractivity contribution in [1.82, 2.24) is 20.2 Å². The summed E-state index contributed by atoms with van der Waals surface area (Å²) in [6.07, 6.45) is 1.95. The average molecular weight is 321 g/mol. The van der Waals surface area contributed by atoms with E-state index in [1.807, 2.05) is 18.2 Å². The van der Waals surface area contributed by atoms with Crippen molar-refractivity contribution in [2.24, 2.45) is 0 Å². The lowest BCUT2D eigenvalue weighted by Gasteiger charge is -2.24. The summed E-state index contributed by atoms with van der Waals surface area (Å²) in [6.45, 7) is 4.14. The fraction of sp³-hybridized carbons (Fsp3) is 0.167. The van der Waals surface area contributed by atoms with E-state index in [9.17, 15) is 4.39 Å². The van der Waals surface area contributed by atoms with Gasteiger partial charge in [0.2, 0.25) is 5.95 Å². The van der Waals surface area contributed by atoms with Crippen molar-refractivity contribution in [3.8, 4) is 0 Å². The van der Waals surface area contributed by atoms with E-state index in [-0.39, 0.29) is 5.82 Å². The lowest BCUT2D eigenvalue weighted by Crippen LogP contribution is -2.21. The molecular weight excluding hydrogens is 305 g/mol. The second-order valence-electron chi connectivity index (χ2n) is 5.92. The number of allylic oxidation sites excluding steroid dienone is 1. The number of hydrogen-bond acceptors (Lipinski definition) is 4. The Morgan fingerprint density at radius 2 is 1.92 bits per heavy atom. The van der Waals surface area contributed by atoms with Crippen LogP contribution in [0.5, 0.6) is 0 Å². The number of benzene rings is 2. The van der Waals surface area contributed by atoms with Crippen LogP contribution in [0.25, 0.3) is 5.70 Å². The Balaban J connectivity index is 1.84. The minimum atomic E-state index is -0.394. The zero-order valence-electron chi connectivity index (χ0n) is 13.4. The van der Waals surface area contributed by atoms with Crippen molar-refractivity contribution in [3.63, 3.8) is 0 Å². The van der Waals surface area contributed by atoms with Gasteiger partial charge in [-0.2, -0.15) is 4.68 Å². The molecule has 1 aliphatic rings. The standard InChI is InChI=1S/C18H16FN5/c1-11-7-8-13(9-12(11)2)16-10-17(14-5-3-4-6-15(14)19)24-18(20-16)21-22-23-24/h3-10,17H,1-2H3,(H,20,21,23)/t17-/m0/s1. The molecule has 0 bridgehead atoms. The molecule has 4 rings (SSSR count). The Kier molecular flexibility index (Phi) is 3.37. The molecule has 0 fully saturated rings. The van der Waals surface area contributed by atoms with Gasteiger partial charge in [-0.05, 0) is 59.2 Å². The van der Waals surface area contributed by atoms with Gasteiger partial charge in [-0.25, -0.2) is 4.39 Å². The van der Waals surface area contributed by atoms with E-state index in [2.05, 4.69) is 46.8 Å². The fourth-order valence-electron chi connectivity index (χ4n) is 2.87. The highest BCUT2D eigenvalue weighted by atomic mass is 19.1. The number of hydrogen-bond donors (Lipinski definition) is 1. The van der Waals surface area contributed by atoms with Crippen LogP contribution in [0.2, 0.25) is 0 Å². The summed E-state index contributed by atoms with van der Waals surface area (Å²) >= 11 is 0. The first-order chi connectivity index (χ1) is 11.6. The maximum Gasteiger partial charge on any atom is 0.248 e. The van der Waals surface area contributed by atoms with Crippen LogP contribution in [0.3, 0.4) is 0 Å². The summed E-state index contributed by atoms with van der Waals surface area (Å²) in [5, 5.41) is 14.9. The van der Waals surface area contributed by atoms with E-state index < -0.39 is 6.04 Å². The Hall–Kier alpha value is -3.02. The first-order valence-corrected chi connectivity index (χ1v) is 7.72. The molecule has 0 amide bonds. The molecule has 1 atom stereocenters. The van der Waals surface area contributed by atoms with Crippen LogP contribution in [0.1, 0.15) is 28.3 Å². The lowest BCUT2D eigenvalue weighted by atomic mass is 9.99. The summed E-state index contributed by atoms with van der Waals surface area (Å²) in [6, 6.07) is 12.5. The Labute approximate surface area is 138 Å². The van der Waals surface area contributed by atoms with E-state index in [0.717, 1.165) is 11.3 Å². The molecule has 5 nitrogen and oxygen atoms in total. The number of aryl methyl sites for hydroxylation is 2. The number of rotatable bonds is 2. The molecule has 6 heteroatoms. The van der Waals surface area contributed by atoms with E-state index in [1.54, 1.807) is 16.8 Å². The third-order valence-corrected chi connectivity index (χ3v) is 4.37. The predicted octanol–water partition coefficient (Wildman–Crippen LogP) is 3.49. The van der Waals surface area contributed by atoms with Crippen molar-refractivity contribution in [1.29, 1.82) is 0 Å². The van der Waals surface area contributed by atoms with E-state index in [1.165, 1.54) is 17.2 Å². The normalized spacial score (nSPS) is 16.3. The first kappa shape index (κ1) is 14.6. The number of tetrazole rings is 1. The summed E-state index contributed by atoms with van der Waals surface area (Å²) < 4.78 is 15.9. The number of aromatic nitrogens is 4. The third-order valence-electron chi connectivity index (χ3n) is 4.37. The van der Waals surface area contributed by atoms with Crippen LogP contribution in [-0.2, 0) is 0 Å². The quantitative estimate of drug-likeness (QED) is 0.785. The number of fused-ring (bicyclic) bond motifs is 1. The highest BCUT2D eigenvalue weighted by Crippen LogP contribution is 2.32. The number of anilines is 1. The number of nitrogens with one attached hydrogen (secondary N) is 1. The Morgan fingerprint density at radius 1 is 1.08 bits per heavy atom. The molecule has 0 radical (unpaired) electrons. The number of halogens is 1. The second kappa shape index (κ2) is 5.56. The van der Waals surface area contributed by atoms with Crippen LogP contribution in [-0.4, -0.2) is 20.2 Å². The highest BCUT2D eigenvalue weighted by Gasteiger charge is 2.26. The van der Waals surface area contributed by atoms with E-state index >= 15 is 0 Å². The van der Waals surface area contributed by atoms with Crippen molar-refractivity contribution in [3.05, 3.63) is 76.6 Å². The SMILES string of the molecule is Cc1ccc(C2=C[C@@H](c3ccccc3F)n3nnnc3N2)cc1C. The van der Waals surface area contributed by atoms with Gasteiger partial charge >= 0.3 is 0 Å². The average Bonchev–Trinajstić information content (AvgIpc) is 3.05. The van der Waals surface area contributed by atoms with Crippen LogP contribution < -0.4 is 5.32 Å². The molecule has 2 heterocycles. The molecular formula is C18H16FN5. The molecule has 24 heavy (non-hydrogen) atoms. The molecule has 3 aromatic rings. The van der Waals surface area contributed by atoms with Gasteiger partial charge in [0.25, 0.3) is 0 Å². The molecule has 2 aromatic carbocycles. The van der Waals surface area contributed by atoms with Crippen molar-refractivity contribution < 1.29 is 4.39 Å². The largest absolute Gasteiger partial charge is 0.323 e. The van der Waals surface area contributed by atoms with Gasteiger partial charge in [-0.15, -0.1) is 0 Å².